The van der Waals surface area contributed by atoms with E-state index in [1.165, 1.54) is 43.7 Å². The molecular formula is C37H42N4O3. The quantitative estimate of drug-likeness (QED) is 0.177. The molecule has 3 aromatic carbocycles. The molecule has 44 heavy (non-hydrogen) atoms. The average molecular weight is 591 g/mol. The number of esters is 1. The molecule has 4 aromatic rings. The molecule has 0 radical (unpaired) electrons. The van der Waals surface area contributed by atoms with E-state index >= 15 is 0 Å². The molecule has 1 amide bonds. The van der Waals surface area contributed by atoms with Crippen LogP contribution in [0.2, 0.25) is 0 Å². The number of ether oxygens (including phenoxy) is 1. The number of carbonyl (C=O) groups excluding carboxylic acids is 2. The summed E-state index contributed by atoms with van der Waals surface area (Å²) in [6.45, 7) is 5.98. The molecule has 2 unspecified atom stereocenters. The molecule has 3 aliphatic heterocycles. The maximum absolute atomic E-state index is 13.6. The van der Waals surface area contributed by atoms with Crippen LogP contribution >= 0.6 is 0 Å². The fraction of sp³-hybridized carbons (Fsp3) is 0.432. The van der Waals surface area contributed by atoms with Crippen molar-refractivity contribution in [2.75, 3.05) is 19.6 Å². The monoisotopic (exact) mass is 590 g/mol. The summed E-state index contributed by atoms with van der Waals surface area (Å²) >= 11 is 0. The van der Waals surface area contributed by atoms with Gasteiger partial charge in [-0.1, -0.05) is 54.6 Å². The maximum atomic E-state index is 13.6. The van der Waals surface area contributed by atoms with E-state index in [1.807, 2.05) is 11.0 Å². The highest BCUT2D eigenvalue weighted by molar-refractivity contribution is 5.97. The number of rotatable bonds is 7. The van der Waals surface area contributed by atoms with Crippen molar-refractivity contribution in [3.8, 4) is 5.75 Å². The third kappa shape index (κ3) is 5.32. The minimum Gasteiger partial charge on any atom is -0.426 e. The Bertz CT molecular complexity index is 1640. The molecular weight excluding hydrogens is 548 g/mol. The van der Waals surface area contributed by atoms with Crippen LogP contribution in [0.25, 0.3) is 11.0 Å². The van der Waals surface area contributed by atoms with Gasteiger partial charge in [0.1, 0.15) is 11.6 Å². The lowest BCUT2D eigenvalue weighted by molar-refractivity contribution is -0.131. The standard InChI is InChI=1S/C37H42N4O3/c1-26-38-33-13-7-8-14-34(33)41(26)31-24-29-16-17-30(25-31)40(29)23-20-37(28-10-4-3-5-11-28)18-21-39(22-19-37)36(43)32-12-6-9-15-35(32)44-27(2)42/h3-15,29-31H,16-25H2,1-2H3. The molecule has 0 spiro atoms. The Hall–Kier alpha value is -3.97. The Balaban J connectivity index is 1.06. The van der Waals surface area contributed by atoms with Crippen molar-refractivity contribution >= 4 is 22.9 Å². The number of hydrogen-bond acceptors (Lipinski definition) is 5. The van der Waals surface area contributed by atoms with Crippen molar-refractivity contribution in [3.05, 3.63) is 95.8 Å². The van der Waals surface area contributed by atoms with Gasteiger partial charge in [0.15, 0.2) is 0 Å². The van der Waals surface area contributed by atoms with Crippen molar-refractivity contribution in [3.63, 3.8) is 0 Å². The number of fused-ring (bicyclic) bond motifs is 3. The summed E-state index contributed by atoms with van der Waals surface area (Å²) in [4.78, 5) is 34.9. The fourth-order valence-electron chi connectivity index (χ4n) is 8.46. The summed E-state index contributed by atoms with van der Waals surface area (Å²) in [5.41, 5.74) is 4.23. The number of aromatic nitrogens is 2. The highest BCUT2D eigenvalue weighted by atomic mass is 16.5. The fourth-order valence-corrected chi connectivity index (χ4v) is 8.46. The molecule has 1 aromatic heterocycles. The number of aryl methyl sites for hydroxylation is 1. The van der Waals surface area contributed by atoms with Crippen LogP contribution in [0.3, 0.4) is 0 Å². The first kappa shape index (κ1) is 28.8. The molecule has 4 heterocycles. The Kier molecular flexibility index (Phi) is 7.75. The second-order valence-electron chi connectivity index (χ2n) is 13.0. The number of nitrogens with zero attached hydrogens (tertiary/aromatic N) is 4. The summed E-state index contributed by atoms with van der Waals surface area (Å²) in [7, 11) is 0. The van der Waals surface area contributed by atoms with E-state index in [0.717, 1.165) is 37.1 Å². The molecule has 2 atom stereocenters. The summed E-state index contributed by atoms with van der Waals surface area (Å²) in [6, 6.07) is 28.3. The number of hydrogen-bond donors (Lipinski definition) is 0. The van der Waals surface area contributed by atoms with E-state index in [0.29, 0.717) is 42.5 Å². The number of para-hydroxylation sites is 3. The first-order valence-corrected chi connectivity index (χ1v) is 16.2. The third-order valence-corrected chi connectivity index (χ3v) is 10.6. The molecule has 228 valence electrons. The zero-order valence-electron chi connectivity index (χ0n) is 25.8. The summed E-state index contributed by atoms with van der Waals surface area (Å²) in [5.74, 6) is 0.982. The Morgan fingerprint density at radius 1 is 0.864 bits per heavy atom. The van der Waals surface area contributed by atoms with E-state index in [2.05, 4.69) is 71.0 Å². The minimum absolute atomic E-state index is 0.0286. The van der Waals surface area contributed by atoms with Gasteiger partial charge in [-0.3, -0.25) is 14.5 Å². The van der Waals surface area contributed by atoms with Crippen LogP contribution in [-0.4, -0.2) is 62.9 Å². The summed E-state index contributed by atoms with van der Waals surface area (Å²) in [6.07, 6.45) is 7.84. The predicted octanol–water partition coefficient (Wildman–Crippen LogP) is 6.70. The number of likely N-dealkylation sites (tertiary alicyclic amines) is 1. The van der Waals surface area contributed by atoms with E-state index in [-0.39, 0.29) is 11.3 Å². The molecule has 3 fully saturated rings. The second-order valence-corrected chi connectivity index (χ2v) is 13.0. The van der Waals surface area contributed by atoms with Gasteiger partial charge >= 0.3 is 5.97 Å². The van der Waals surface area contributed by atoms with E-state index in [1.54, 1.807) is 18.2 Å². The second kappa shape index (κ2) is 11.8. The lowest BCUT2D eigenvalue weighted by Crippen LogP contribution is -2.49. The Labute approximate surface area is 259 Å². The van der Waals surface area contributed by atoms with Crippen LogP contribution in [0, 0.1) is 6.92 Å². The van der Waals surface area contributed by atoms with Gasteiger partial charge in [-0.15, -0.1) is 0 Å². The number of piperidine rings is 2. The number of imidazole rings is 1. The largest absolute Gasteiger partial charge is 0.426 e. The molecule has 7 rings (SSSR count). The van der Waals surface area contributed by atoms with Gasteiger partial charge in [0.2, 0.25) is 0 Å². The van der Waals surface area contributed by atoms with Gasteiger partial charge in [0.25, 0.3) is 5.91 Å². The zero-order valence-corrected chi connectivity index (χ0v) is 25.8. The highest BCUT2D eigenvalue weighted by Gasteiger charge is 2.44. The van der Waals surface area contributed by atoms with E-state index in [4.69, 9.17) is 9.72 Å². The number of amides is 1. The molecule has 3 aliphatic rings. The predicted molar refractivity (Wildman–Crippen MR) is 172 cm³/mol. The van der Waals surface area contributed by atoms with E-state index < -0.39 is 5.97 Å². The van der Waals surface area contributed by atoms with Crippen LogP contribution in [0.4, 0.5) is 0 Å². The van der Waals surface area contributed by atoms with Crippen molar-refractivity contribution < 1.29 is 14.3 Å². The lowest BCUT2D eigenvalue weighted by atomic mass is 9.70. The molecule has 0 N–H and O–H groups in total. The van der Waals surface area contributed by atoms with Crippen molar-refractivity contribution in [2.24, 2.45) is 0 Å². The molecule has 0 aliphatic carbocycles. The van der Waals surface area contributed by atoms with Crippen molar-refractivity contribution in [1.82, 2.24) is 19.4 Å². The maximum Gasteiger partial charge on any atom is 0.308 e. The van der Waals surface area contributed by atoms with Crippen LogP contribution in [0.5, 0.6) is 5.75 Å². The summed E-state index contributed by atoms with van der Waals surface area (Å²) < 4.78 is 7.87. The average Bonchev–Trinajstić information content (AvgIpc) is 3.50. The van der Waals surface area contributed by atoms with Crippen molar-refractivity contribution in [1.29, 1.82) is 0 Å². The van der Waals surface area contributed by atoms with Crippen LogP contribution in [0.15, 0.2) is 78.9 Å². The third-order valence-electron chi connectivity index (χ3n) is 10.6. The van der Waals surface area contributed by atoms with Crippen LogP contribution in [0.1, 0.15) is 79.7 Å². The van der Waals surface area contributed by atoms with Crippen molar-refractivity contribution in [2.45, 2.75) is 82.3 Å². The first-order chi connectivity index (χ1) is 21.4. The lowest BCUT2D eigenvalue weighted by Gasteiger charge is -2.45. The molecule has 7 heteroatoms. The van der Waals surface area contributed by atoms with Gasteiger partial charge in [-0.25, -0.2) is 4.98 Å². The first-order valence-electron chi connectivity index (χ1n) is 16.2. The smallest absolute Gasteiger partial charge is 0.308 e. The number of benzene rings is 3. The number of carbonyl (C=O) groups is 2. The van der Waals surface area contributed by atoms with Gasteiger partial charge < -0.3 is 14.2 Å². The normalized spacial score (nSPS) is 23.1. The molecule has 3 saturated heterocycles. The van der Waals surface area contributed by atoms with Gasteiger partial charge in [-0.2, -0.15) is 0 Å². The SMILES string of the molecule is CC(=O)Oc1ccccc1C(=O)N1CCC(CCN2C3CCC2CC(n2c(C)nc4ccccc42)C3)(c2ccccc2)CC1. The van der Waals surface area contributed by atoms with E-state index in [9.17, 15) is 9.59 Å². The van der Waals surface area contributed by atoms with Gasteiger partial charge in [0, 0.05) is 38.1 Å². The Morgan fingerprint density at radius 2 is 1.52 bits per heavy atom. The zero-order chi connectivity index (χ0) is 30.3. The van der Waals surface area contributed by atoms with Gasteiger partial charge in [-0.05, 0) is 93.7 Å². The van der Waals surface area contributed by atoms with Crippen LogP contribution < -0.4 is 4.74 Å². The van der Waals surface area contributed by atoms with Gasteiger partial charge in [0.05, 0.1) is 16.6 Å². The molecule has 7 nitrogen and oxygen atoms in total. The summed E-state index contributed by atoms with van der Waals surface area (Å²) in [5, 5.41) is 0. The minimum atomic E-state index is -0.418. The molecule has 0 saturated carbocycles. The molecule has 2 bridgehead atoms. The highest BCUT2D eigenvalue weighted by Crippen LogP contribution is 2.45. The topological polar surface area (TPSA) is 67.7 Å². The van der Waals surface area contributed by atoms with Crippen LogP contribution in [-0.2, 0) is 10.2 Å². The Morgan fingerprint density at radius 3 is 2.25 bits per heavy atom.